The molecule has 2 aliphatic rings. The summed E-state index contributed by atoms with van der Waals surface area (Å²) in [5.74, 6) is 0.613. The molecule has 1 saturated carbocycles. The average Bonchev–Trinajstić information content (AvgIpc) is 2.65. The van der Waals surface area contributed by atoms with E-state index in [1.54, 1.807) is 7.11 Å². The van der Waals surface area contributed by atoms with Crippen molar-refractivity contribution in [3.05, 3.63) is 11.8 Å². The maximum atomic E-state index is 12.5. The van der Waals surface area contributed by atoms with E-state index in [-0.39, 0.29) is 5.78 Å². The summed E-state index contributed by atoms with van der Waals surface area (Å²) >= 11 is 0. The van der Waals surface area contributed by atoms with Gasteiger partial charge in [-0.3, -0.25) is 4.79 Å². The number of allylic oxidation sites excluding steroid dienone is 1. The molecule has 2 rings (SSSR count). The summed E-state index contributed by atoms with van der Waals surface area (Å²) in [5.41, 5.74) is -0.611. The molecule has 17 heavy (non-hydrogen) atoms. The van der Waals surface area contributed by atoms with Crippen LogP contribution in [0, 0.1) is 0 Å². The van der Waals surface area contributed by atoms with Crippen LogP contribution >= 0.6 is 0 Å². The predicted octanol–water partition coefficient (Wildman–Crippen LogP) is 2.99. The molecule has 0 unspecified atom stereocenters. The van der Waals surface area contributed by atoms with Crippen LogP contribution < -0.4 is 0 Å². The maximum absolute atomic E-state index is 12.5. The summed E-state index contributed by atoms with van der Waals surface area (Å²) in [7, 11) is 1.66. The summed E-state index contributed by atoms with van der Waals surface area (Å²) in [6.45, 7) is 0.664. The smallest absolute Gasteiger partial charge is 0.228 e. The van der Waals surface area contributed by atoms with Crippen LogP contribution in [-0.2, 0) is 14.3 Å². The lowest BCUT2D eigenvalue weighted by Crippen LogP contribution is -2.42. The number of ketones is 1. The van der Waals surface area contributed by atoms with Crippen LogP contribution in [0.2, 0.25) is 0 Å². The summed E-state index contributed by atoms with van der Waals surface area (Å²) in [6, 6.07) is 0. The molecule has 1 fully saturated rings. The van der Waals surface area contributed by atoms with Crippen molar-refractivity contribution >= 4 is 5.78 Å². The molecule has 3 nitrogen and oxygen atoms in total. The zero-order valence-electron chi connectivity index (χ0n) is 10.7. The highest BCUT2D eigenvalue weighted by molar-refractivity contribution is 6.00. The molecule has 0 bridgehead atoms. The first-order valence-corrected chi connectivity index (χ1v) is 6.71. The summed E-state index contributed by atoms with van der Waals surface area (Å²) < 4.78 is 11.1. The summed E-state index contributed by atoms with van der Waals surface area (Å²) in [5, 5.41) is 0. The van der Waals surface area contributed by atoms with Gasteiger partial charge in [-0.25, -0.2) is 0 Å². The molecule has 0 amide bonds. The van der Waals surface area contributed by atoms with Crippen LogP contribution in [0.1, 0.15) is 51.4 Å². The normalized spacial score (nSPS) is 24.4. The van der Waals surface area contributed by atoms with Crippen molar-refractivity contribution < 1.29 is 14.3 Å². The molecule has 0 atom stereocenters. The molecule has 0 aromatic carbocycles. The van der Waals surface area contributed by atoms with Gasteiger partial charge in [0.05, 0.1) is 6.61 Å². The van der Waals surface area contributed by atoms with Crippen molar-refractivity contribution in [2.75, 3.05) is 13.7 Å². The van der Waals surface area contributed by atoms with Gasteiger partial charge in [-0.2, -0.15) is 0 Å². The minimum atomic E-state index is -0.611. The molecule has 1 aliphatic heterocycles. The molecule has 0 saturated heterocycles. The second-order valence-electron chi connectivity index (χ2n) is 5.00. The van der Waals surface area contributed by atoms with E-state index in [0.29, 0.717) is 12.4 Å². The number of carbonyl (C=O) groups is 1. The van der Waals surface area contributed by atoms with E-state index >= 15 is 0 Å². The molecule has 96 valence electrons. The molecular weight excluding hydrogens is 216 g/mol. The third-order valence-corrected chi connectivity index (χ3v) is 3.88. The predicted molar refractivity (Wildman–Crippen MR) is 65.7 cm³/mol. The third kappa shape index (κ3) is 2.71. The molecule has 0 N–H and O–H groups in total. The fraction of sp³-hybridized carbons (Fsp3) is 0.786. The van der Waals surface area contributed by atoms with Gasteiger partial charge in [-0.05, 0) is 31.8 Å². The first-order chi connectivity index (χ1) is 8.28. The molecular formula is C14H22O3. The van der Waals surface area contributed by atoms with E-state index in [0.717, 1.165) is 38.5 Å². The maximum Gasteiger partial charge on any atom is 0.228 e. The van der Waals surface area contributed by atoms with E-state index in [1.807, 2.05) is 6.08 Å². The van der Waals surface area contributed by atoms with Gasteiger partial charge in [-0.1, -0.05) is 25.7 Å². The van der Waals surface area contributed by atoms with Gasteiger partial charge in [0.2, 0.25) is 5.78 Å². The third-order valence-electron chi connectivity index (χ3n) is 3.88. The van der Waals surface area contributed by atoms with Gasteiger partial charge in [0, 0.05) is 7.11 Å². The second kappa shape index (κ2) is 5.67. The molecule has 0 radical (unpaired) electrons. The van der Waals surface area contributed by atoms with Gasteiger partial charge in [0.15, 0.2) is 5.76 Å². The van der Waals surface area contributed by atoms with E-state index < -0.39 is 5.60 Å². The quantitative estimate of drug-likeness (QED) is 0.709. The lowest BCUT2D eigenvalue weighted by molar-refractivity contribution is -0.142. The van der Waals surface area contributed by atoms with Crippen LogP contribution in [-0.4, -0.2) is 25.1 Å². The Kier molecular flexibility index (Phi) is 4.21. The minimum absolute atomic E-state index is 0.0709. The Morgan fingerprint density at radius 3 is 2.47 bits per heavy atom. The number of rotatable bonds is 3. The van der Waals surface area contributed by atoms with Gasteiger partial charge in [-0.15, -0.1) is 0 Å². The van der Waals surface area contributed by atoms with Crippen LogP contribution in [0.5, 0.6) is 0 Å². The Labute approximate surface area is 103 Å². The molecule has 1 aliphatic carbocycles. The summed E-state index contributed by atoms with van der Waals surface area (Å²) in [4.78, 5) is 12.5. The number of Topliss-reactive ketones (excluding diaryl/α,β-unsaturated/α-hetero) is 1. The van der Waals surface area contributed by atoms with Crippen LogP contribution in [0.25, 0.3) is 0 Å². The van der Waals surface area contributed by atoms with Gasteiger partial charge in [0.25, 0.3) is 0 Å². The Bertz CT molecular complexity index is 299. The Morgan fingerprint density at radius 2 is 1.94 bits per heavy atom. The zero-order valence-corrected chi connectivity index (χ0v) is 10.7. The number of methoxy groups -OCH3 is 1. The molecule has 0 aromatic heterocycles. The lowest BCUT2D eigenvalue weighted by Gasteiger charge is -2.31. The average molecular weight is 238 g/mol. The standard InChI is InChI=1S/C14H22O3/c1-16-14(9-5-2-3-6-10-14)13(15)12-8-4-7-11-17-12/h8H,2-7,9-11H2,1H3. The van der Waals surface area contributed by atoms with E-state index in [1.165, 1.54) is 12.8 Å². The largest absolute Gasteiger partial charge is 0.490 e. The van der Waals surface area contributed by atoms with Crippen LogP contribution in [0.4, 0.5) is 0 Å². The second-order valence-corrected chi connectivity index (χ2v) is 5.00. The van der Waals surface area contributed by atoms with Crippen molar-refractivity contribution in [3.63, 3.8) is 0 Å². The van der Waals surface area contributed by atoms with Crippen molar-refractivity contribution in [3.8, 4) is 0 Å². The van der Waals surface area contributed by atoms with Gasteiger partial charge < -0.3 is 9.47 Å². The number of carbonyl (C=O) groups excluding carboxylic acids is 1. The number of hydrogen-bond donors (Lipinski definition) is 0. The molecule has 3 heteroatoms. The van der Waals surface area contributed by atoms with Crippen molar-refractivity contribution in [2.24, 2.45) is 0 Å². The molecule has 1 heterocycles. The molecule has 0 spiro atoms. The number of ether oxygens (including phenoxy) is 2. The highest BCUT2D eigenvalue weighted by Crippen LogP contribution is 2.33. The SMILES string of the molecule is COC1(C(=O)C2=CCCCO2)CCCCCC1. The monoisotopic (exact) mass is 238 g/mol. The fourth-order valence-corrected chi connectivity index (χ4v) is 2.76. The van der Waals surface area contributed by atoms with Crippen molar-refractivity contribution in [1.29, 1.82) is 0 Å². The summed E-state index contributed by atoms with van der Waals surface area (Å²) in [6.07, 6.45) is 10.1. The van der Waals surface area contributed by atoms with Crippen LogP contribution in [0.3, 0.4) is 0 Å². The Balaban J connectivity index is 2.15. The first-order valence-electron chi connectivity index (χ1n) is 6.71. The first kappa shape index (κ1) is 12.6. The van der Waals surface area contributed by atoms with Gasteiger partial charge in [0.1, 0.15) is 5.60 Å². The minimum Gasteiger partial charge on any atom is -0.490 e. The van der Waals surface area contributed by atoms with E-state index in [4.69, 9.17) is 9.47 Å². The van der Waals surface area contributed by atoms with Crippen molar-refractivity contribution in [1.82, 2.24) is 0 Å². The van der Waals surface area contributed by atoms with Crippen LogP contribution in [0.15, 0.2) is 11.8 Å². The van der Waals surface area contributed by atoms with E-state index in [9.17, 15) is 4.79 Å². The molecule has 0 aromatic rings. The zero-order chi connectivity index (χ0) is 12.1. The number of hydrogen-bond acceptors (Lipinski definition) is 3. The topological polar surface area (TPSA) is 35.5 Å². The highest BCUT2D eigenvalue weighted by Gasteiger charge is 2.41. The van der Waals surface area contributed by atoms with E-state index in [2.05, 4.69) is 0 Å². The van der Waals surface area contributed by atoms with Crippen molar-refractivity contribution in [2.45, 2.75) is 57.0 Å². The Morgan fingerprint density at radius 1 is 1.24 bits per heavy atom. The highest BCUT2D eigenvalue weighted by atomic mass is 16.5. The lowest BCUT2D eigenvalue weighted by atomic mass is 9.87. The van der Waals surface area contributed by atoms with Gasteiger partial charge >= 0.3 is 0 Å². The Hall–Kier alpha value is -0.830. The fourth-order valence-electron chi connectivity index (χ4n) is 2.76.